The molecule has 2 N–H and O–H groups in total. The van der Waals surface area contributed by atoms with Gasteiger partial charge in [-0.2, -0.15) is 0 Å². The maximum atomic E-state index is 13.0. The Bertz CT molecular complexity index is 1600. The highest BCUT2D eigenvalue weighted by atomic mass is 35.5. The lowest BCUT2D eigenvalue weighted by molar-refractivity contribution is -0.139. The van der Waals surface area contributed by atoms with Crippen LogP contribution in [0.4, 0.5) is 0 Å². The Morgan fingerprint density at radius 2 is 1.52 bits per heavy atom. The molecule has 0 aliphatic carbocycles. The summed E-state index contributed by atoms with van der Waals surface area (Å²) in [6.07, 6.45) is 3.38. The van der Waals surface area contributed by atoms with Gasteiger partial charge in [-0.15, -0.1) is 0 Å². The Morgan fingerprint density at radius 1 is 0.850 bits per heavy atom. The van der Waals surface area contributed by atoms with Crippen molar-refractivity contribution >= 4 is 29.1 Å². The maximum absolute atomic E-state index is 13.0. The molecule has 40 heavy (non-hydrogen) atoms. The smallest absolute Gasteiger partial charge is 0.326 e. The number of hydrogen-bond donors (Lipinski definition) is 2. The number of ether oxygens (including phenoxy) is 2. The van der Waals surface area contributed by atoms with E-state index in [-0.39, 0.29) is 12.1 Å². The number of fused-ring (bicyclic) bond motifs is 1. The standard InChI is InChI=1S/C31H26ClN3O5/c32-24-12-8-23(9-13-24)20-40-28-7-4-16-35-18-27(33-29(28)35)30(36)34-26(31(37)38)17-21-10-14-25(15-11-21)39-19-22-5-2-1-3-6-22/h1-16,18,26H,17,19-20H2,(H,34,36)(H,37,38)/t26-/m0/s1. The lowest BCUT2D eigenvalue weighted by Gasteiger charge is -2.14. The molecule has 0 spiro atoms. The number of imidazole rings is 1. The normalized spacial score (nSPS) is 11.6. The summed E-state index contributed by atoms with van der Waals surface area (Å²) in [5, 5.41) is 13.0. The minimum Gasteiger partial charge on any atom is -0.489 e. The van der Waals surface area contributed by atoms with Gasteiger partial charge in [0.2, 0.25) is 0 Å². The second-order valence-corrected chi connectivity index (χ2v) is 9.57. The average molecular weight is 556 g/mol. The van der Waals surface area contributed by atoms with Crippen LogP contribution >= 0.6 is 11.6 Å². The zero-order valence-electron chi connectivity index (χ0n) is 21.4. The van der Waals surface area contributed by atoms with E-state index in [2.05, 4.69) is 10.3 Å². The molecule has 0 radical (unpaired) electrons. The van der Waals surface area contributed by atoms with Gasteiger partial charge in [0.1, 0.15) is 30.7 Å². The molecule has 0 saturated carbocycles. The van der Waals surface area contributed by atoms with Crippen LogP contribution in [0.5, 0.6) is 11.5 Å². The van der Waals surface area contributed by atoms with Crippen LogP contribution in [0.1, 0.15) is 27.2 Å². The van der Waals surface area contributed by atoms with E-state index in [9.17, 15) is 14.7 Å². The number of hydrogen-bond acceptors (Lipinski definition) is 5. The third kappa shape index (κ3) is 6.78. The fourth-order valence-corrected chi connectivity index (χ4v) is 4.21. The molecule has 0 aliphatic rings. The van der Waals surface area contributed by atoms with Gasteiger partial charge in [0.25, 0.3) is 5.91 Å². The third-order valence-electron chi connectivity index (χ3n) is 6.20. The Morgan fingerprint density at radius 3 is 2.25 bits per heavy atom. The summed E-state index contributed by atoms with van der Waals surface area (Å²) in [5.41, 5.74) is 3.24. The van der Waals surface area contributed by atoms with Crippen molar-refractivity contribution in [2.75, 3.05) is 0 Å². The van der Waals surface area contributed by atoms with E-state index in [4.69, 9.17) is 21.1 Å². The predicted octanol–water partition coefficient (Wildman–Crippen LogP) is 5.57. The van der Waals surface area contributed by atoms with Crippen LogP contribution in [-0.4, -0.2) is 32.4 Å². The van der Waals surface area contributed by atoms with Gasteiger partial charge in [0.05, 0.1) is 0 Å². The second-order valence-electron chi connectivity index (χ2n) is 9.13. The van der Waals surface area contributed by atoms with Crippen molar-refractivity contribution in [2.24, 2.45) is 0 Å². The number of amides is 1. The number of carboxylic acids is 1. The summed E-state index contributed by atoms with van der Waals surface area (Å²) < 4.78 is 13.4. The first kappa shape index (κ1) is 26.8. The maximum Gasteiger partial charge on any atom is 0.326 e. The van der Waals surface area contributed by atoms with Crippen LogP contribution in [0.25, 0.3) is 5.65 Å². The molecule has 5 aromatic rings. The third-order valence-corrected chi connectivity index (χ3v) is 6.45. The molecule has 9 heteroatoms. The summed E-state index contributed by atoms with van der Waals surface area (Å²) in [6, 6.07) is 26.6. The van der Waals surface area contributed by atoms with Crippen LogP contribution in [-0.2, 0) is 24.4 Å². The molecule has 3 aromatic carbocycles. The van der Waals surface area contributed by atoms with Crippen molar-refractivity contribution in [2.45, 2.75) is 25.7 Å². The zero-order valence-corrected chi connectivity index (χ0v) is 22.1. The van der Waals surface area contributed by atoms with Crippen molar-refractivity contribution < 1.29 is 24.2 Å². The molecular formula is C31H26ClN3O5. The predicted molar refractivity (Wildman–Crippen MR) is 151 cm³/mol. The Hall–Kier alpha value is -4.82. The van der Waals surface area contributed by atoms with Crippen LogP contribution in [0.3, 0.4) is 0 Å². The first-order chi connectivity index (χ1) is 19.4. The van der Waals surface area contributed by atoms with E-state index >= 15 is 0 Å². The van der Waals surface area contributed by atoms with Gasteiger partial charge in [-0.1, -0.05) is 66.2 Å². The summed E-state index contributed by atoms with van der Waals surface area (Å²) >= 11 is 5.94. The highest BCUT2D eigenvalue weighted by molar-refractivity contribution is 6.30. The van der Waals surface area contributed by atoms with Gasteiger partial charge >= 0.3 is 5.97 Å². The van der Waals surface area contributed by atoms with Crippen molar-refractivity contribution in [3.8, 4) is 11.5 Å². The first-order valence-corrected chi connectivity index (χ1v) is 13.0. The van der Waals surface area contributed by atoms with Crippen LogP contribution in [0.15, 0.2) is 103 Å². The number of benzene rings is 3. The fourth-order valence-electron chi connectivity index (χ4n) is 4.08. The molecule has 0 unspecified atom stereocenters. The summed E-state index contributed by atoms with van der Waals surface area (Å²) in [7, 11) is 0. The van der Waals surface area contributed by atoms with E-state index in [0.717, 1.165) is 16.7 Å². The van der Waals surface area contributed by atoms with E-state index in [1.54, 1.807) is 59.1 Å². The lowest BCUT2D eigenvalue weighted by Crippen LogP contribution is -2.42. The van der Waals surface area contributed by atoms with E-state index < -0.39 is 17.9 Å². The van der Waals surface area contributed by atoms with Crippen molar-refractivity contribution in [3.63, 3.8) is 0 Å². The van der Waals surface area contributed by atoms with E-state index in [1.165, 1.54) is 6.20 Å². The number of rotatable bonds is 11. The summed E-state index contributed by atoms with van der Waals surface area (Å²) in [6.45, 7) is 0.725. The number of nitrogens with zero attached hydrogens (tertiary/aromatic N) is 2. The molecule has 0 fully saturated rings. The van der Waals surface area contributed by atoms with Gasteiger partial charge in [-0.3, -0.25) is 4.79 Å². The number of aliphatic carboxylic acids is 1. The molecule has 0 aliphatic heterocycles. The molecule has 0 bridgehead atoms. The van der Waals surface area contributed by atoms with E-state index in [1.807, 2.05) is 42.5 Å². The van der Waals surface area contributed by atoms with Gasteiger partial charge < -0.3 is 24.3 Å². The molecule has 2 aromatic heterocycles. The number of halogens is 1. The minimum atomic E-state index is -1.14. The highest BCUT2D eigenvalue weighted by Crippen LogP contribution is 2.21. The summed E-state index contributed by atoms with van der Waals surface area (Å²) in [5.74, 6) is -0.584. The first-order valence-electron chi connectivity index (χ1n) is 12.6. The van der Waals surface area contributed by atoms with Gasteiger partial charge in [-0.05, 0) is 53.1 Å². The topological polar surface area (TPSA) is 102 Å². The van der Waals surface area contributed by atoms with Gasteiger partial charge in [0, 0.05) is 23.8 Å². The molecule has 2 heterocycles. The average Bonchev–Trinajstić information content (AvgIpc) is 3.42. The number of carboxylic acid groups (broad SMARTS) is 1. The second kappa shape index (κ2) is 12.4. The van der Waals surface area contributed by atoms with Gasteiger partial charge in [0.15, 0.2) is 11.4 Å². The number of pyridine rings is 1. The Labute approximate surface area is 235 Å². The molecular weight excluding hydrogens is 530 g/mol. The highest BCUT2D eigenvalue weighted by Gasteiger charge is 2.23. The molecule has 202 valence electrons. The Balaban J connectivity index is 1.22. The SMILES string of the molecule is O=C(N[C@@H](Cc1ccc(OCc2ccccc2)cc1)C(=O)O)c1cn2cccc(OCc3ccc(Cl)cc3)c2n1. The molecule has 8 nitrogen and oxygen atoms in total. The number of aromatic nitrogens is 2. The number of nitrogens with one attached hydrogen (secondary N) is 1. The monoisotopic (exact) mass is 555 g/mol. The minimum absolute atomic E-state index is 0.0819. The van der Waals surface area contributed by atoms with Crippen molar-refractivity contribution in [3.05, 3.63) is 131 Å². The van der Waals surface area contributed by atoms with Crippen molar-refractivity contribution in [1.29, 1.82) is 0 Å². The zero-order chi connectivity index (χ0) is 27.9. The molecule has 0 saturated heterocycles. The van der Waals surface area contributed by atoms with Crippen LogP contribution in [0, 0.1) is 0 Å². The summed E-state index contributed by atoms with van der Waals surface area (Å²) in [4.78, 5) is 29.4. The number of carbonyl (C=O) groups excluding carboxylic acids is 1. The molecule has 5 rings (SSSR count). The fraction of sp³-hybridized carbons (Fsp3) is 0.129. The van der Waals surface area contributed by atoms with Crippen LogP contribution < -0.4 is 14.8 Å². The van der Waals surface area contributed by atoms with Crippen molar-refractivity contribution in [1.82, 2.24) is 14.7 Å². The largest absolute Gasteiger partial charge is 0.489 e. The lowest BCUT2D eigenvalue weighted by atomic mass is 10.1. The quantitative estimate of drug-likeness (QED) is 0.221. The van der Waals surface area contributed by atoms with Gasteiger partial charge in [-0.25, -0.2) is 9.78 Å². The molecule has 1 amide bonds. The Kier molecular flexibility index (Phi) is 8.27. The molecule has 1 atom stereocenters. The van der Waals surface area contributed by atoms with Crippen LogP contribution in [0.2, 0.25) is 5.02 Å². The van der Waals surface area contributed by atoms with E-state index in [0.29, 0.717) is 35.4 Å². The number of carbonyl (C=O) groups is 2.